The molecule has 1 saturated heterocycles. The third-order valence-electron chi connectivity index (χ3n) is 6.84. The monoisotopic (exact) mass is 574 g/mol. The molecule has 0 aromatic carbocycles. The van der Waals surface area contributed by atoms with E-state index in [1.807, 2.05) is 47.6 Å². The number of hydrogen-bond donors (Lipinski definition) is 0. The fourth-order valence-corrected chi connectivity index (χ4v) is 5.44. The molecule has 1 fully saturated rings. The van der Waals surface area contributed by atoms with Crippen molar-refractivity contribution < 1.29 is 9.53 Å². The van der Waals surface area contributed by atoms with Gasteiger partial charge in [0.2, 0.25) is 0 Å². The highest BCUT2D eigenvalue weighted by Crippen LogP contribution is 2.33. The quantitative estimate of drug-likeness (QED) is 0.363. The first kappa shape index (κ1) is 29.1. The summed E-state index contributed by atoms with van der Waals surface area (Å²) in [7, 11) is 0. The second kappa shape index (κ2) is 10.9. The maximum absolute atomic E-state index is 13.6. The SMILES string of the molecule is Cc1ccnc(C(C)C)c1Cn1c(=O)nc(N2[C@@H](C)CN(C(=O)OC(C)(C)C)C[C@@H]2C)c2cc(Cl)c(Cl)nc21. The van der Waals surface area contributed by atoms with Crippen molar-refractivity contribution in [1.29, 1.82) is 0 Å². The van der Waals surface area contributed by atoms with E-state index < -0.39 is 11.3 Å². The maximum Gasteiger partial charge on any atom is 0.410 e. The Morgan fingerprint density at radius 1 is 1.15 bits per heavy atom. The van der Waals surface area contributed by atoms with E-state index in [1.165, 1.54) is 4.57 Å². The Morgan fingerprint density at radius 2 is 1.79 bits per heavy atom. The average molecular weight is 576 g/mol. The molecule has 0 saturated carbocycles. The van der Waals surface area contributed by atoms with Crippen molar-refractivity contribution in [3.63, 3.8) is 0 Å². The summed E-state index contributed by atoms with van der Waals surface area (Å²) in [6.07, 6.45) is 1.42. The highest BCUT2D eigenvalue weighted by atomic mass is 35.5. The van der Waals surface area contributed by atoms with E-state index in [-0.39, 0.29) is 40.8 Å². The lowest BCUT2D eigenvalue weighted by Crippen LogP contribution is -2.59. The molecular formula is C28H36Cl2N6O3. The molecule has 39 heavy (non-hydrogen) atoms. The number of halogens is 2. The van der Waals surface area contributed by atoms with E-state index >= 15 is 0 Å². The first-order chi connectivity index (χ1) is 18.2. The molecule has 0 N–H and O–H groups in total. The second-order valence-corrected chi connectivity index (χ2v) is 12.3. The Kier molecular flexibility index (Phi) is 8.15. The number of carbonyl (C=O) groups is 1. The Bertz CT molecular complexity index is 1450. The molecule has 1 aliphatic rings. The summed E-state index contributed by atoms with van der Waals surface area (Å²) in [5, 5.41) is 0.990. The van der Waals surface area contributed by atoms with Gasteiger partial charge in [0.25, 0.3) is 0 Å². The highest BCUT2D eigenvalue weighted by molar-refractivity contribution is 6.41. The largest absolute Gasteiger partial charge is 0.444 e. The third-order valence-corrected chi connectivity index (χ3v) is 7.52. The summed E-state index contributed by atoms with van der Waals surface area (Å²) in [5.41, 5.74) is 2.25. The molecule has 3 aromatic rings. The van der Waals surface area contributed by atoms with Crippen LogP contribution in [0.4, 0.5) is 10.6 Å². The van der Waals surface area contributed by atoms with Crippen LogP contribution in [0.25, 0.3) is 11.0 Å². The van der Waals surface area contributed by atoms with Crippen LogP contribution in [0.3, 0.4) is 0 Å². The summed E-state index contributed by atoms with van der Waals surface area (Å²) in [6, 6.07) is 3.33. The number of carbonyl (C=O) groups excluding carboxylic acids is 1. The van der Waals surface area contributed by atoms with Crippen LogP contribution in [0.5, 0.6) is 0 Å². The van der Waals surface area contributed by atoms with Crippen LogP contribution in [-0.2, 0) is 11.3 Å². The third kappa shape index (κ3) is 5.99. The molecule has 1 amide bonds. The average Bonchev–Trinajstić information content (AvgIpc) is 2.81. The maximum atomic E-state index is 13.6. The zero-order valence-corrected chi connectivity index (χ0v) is 25.3. The minimum absolute atomic E-state index is 0.109. The number of nitrogens with zero attached hydrogens (tertiary/aromatic N) is 6. The number of aryl methyl sites for hydroxylation is 1. The van der Waals surface area contributed by atoms with Gasteiger partial charge >= 0.3 is 11.8 Å². The van der Waals surface area contributed by atoms with Crippen LogP contribution >= 0.6 is 23.2 Å². The molecule has 0 aliphatic carbocycles. The van der Waals surface area contributed by atoms with Gasteiger partial charge in [-0.1, -0.05) is 37.0 Å². The first-order valence-electron chi connectivity index (χ1n) is 13.1. The Morgan fingerprint density at radius 3 is 2.38 bits per heavy atom. The number of rotatable bonds is 4. The lowest BCUT2D eigenvalue weighted by Gasteiger charge is -2.45. The smallest absolute Gasteiger partial charge is 0.410 e. The van der Waals surface area contributed by atoms with Gasteiger partial charge < -0.3 is 14.5 Å². The fraction of sp³-hybridized carbons (Fsp3) is 0.536. The van der Waals surface area contributed by atoms with Gasteiger partial charge in [0.1, 0.15) is 22.2 Å². The van der Waals surface area contributed by atoms with Crippen LogP contribution in [0, 0.1) is 6.92 Å². The summed E-state index contributed by atoms with van der Waals surface area (Å²) in [6.45, 7) is 16.7. The Labute approximate surface area is 239 Å². The van der Waals surface area contributed by atoms with Crippen molar-refractivity contribution in [2.75, 3.05) is 18.0 Å². The second-order valence-electron chi connectivity index (χ2n) is 11.6. The number of ether oxygens (including phenoxy) is 1. The van der Waals surface area contributed by atoms with Crippen molar-refractivity contribution >= 4 is 46.1 Å². The van der Waals surface area contributed by atoms with E-state index in [0.29, 0.717) is 29.9 Å². The summed E-state index contributed by atoms with van der Waals surface area (Å²) in [4.78, 5) is 43.9. The molecule has 4 heterocycles. The van der Waals surface area contributed by atoms with Crippen molar-refractivity contribution in [3.05, 3.63) is 55.8 Å². The first-order valence-corrected chi connectivity index (χ1v) is 13.9. The number of hydrogen-bond acceptors (Lipinski definition) is 7. The van der Waals surface area contributed by atoms with Crippen LogP contribution in [0.1, 0.15) is 71.2 Å². The van der Waals surface area contributed by atoms with Crippen LogP contribution in [-0.4, -0.2) is 61.3 Å². The lowest BCUT2D eigenvalue weighted by molar-refractivity contribution is 0.0192. The van der Waals surface area contributed by atoms with Gasteiger partial charge in [-0.2, -0.15) is 4.98 Å². The molecule has 1 aliphatic heterocycles. The van der Waals surface area contributed by atoms with Gasteiger partial charge in [-0.25, -0.2) is 14.6 Å². The number of fused-ring (bicyclic) bond motifs is 1. The van der Waals surface area contributed by atoms with Crippen LogP contribution in [0.15, 0.2) is 23.1 Å². The van der Waals surface area contributed by atoms with Gasteiger partial charge in [-0.15, -0.1) is 0 Å². The predicted molar refractivity (Wildman–Crippen MR) is 155 cm³/mol. The van der Waals surface area contributed by atoms with Gasteiger partial charge in [-0.3, -0.25) is 9.55 Å². The van der Waals surface area contributed by atoms with Gasteiger partial charge in [0.05, 0.1) is 17.0 Å². The molecule has 9 nitrogen and oxygen atoms in total. The predicted octanol–water partition coefficient (Wildman–Crippen LogP) is 5.81. The van der Waals surface area contributed by atoms with E-state index in [4.69, 9.17) is 27.9 Å². The zero-order valence-electron chi connectivity index (χ0n) is 23.7. The van der Waals surface area contributed by atoms with Crippen molar-refractivity contribution in [3.8, 4) is 0 Å². The van der Waals surface area contributed by atoms with Crippen molar-refractivity contribution in [1.82, 2.24) is 24.4 Å². The molecule has 11 heteroatoms. The normalized spacial score (nSPS) is 18.2. The summed E-state index contributed by atoms with van der Waals surface area (Å²) < 4.78 is 7.12. The molecule has 0 unspecified atom stereocenters. The number of amides is 1. The molecule has 3 aromatic heterocycles. The number of anilines is 1. The molecule has 0 bridgehead atoms. The minimum atomic E-state index is -0.591. The fourth-order valence-electron chi connectivity index (χ4n) is 5.16. The van der Waals surface area contributed by atoms with Crippen molar-refractivity contribution in [2.45, 2.75) is 85.5 Å². The van der Waals surface area contributed by atoms with E-state index in [9.17, 15) is 9.59 Å². The molecule has 0 radical (unpaired) electrons. The number of aromatic nitrogens is 4. The number of pyridine rings is 2. The Balaban J connectivity index is 1.81. The van der Waals surface area contributed by atoms with E-state index in [1.54, 1.807) is 17.2 Å². The minimum Gasteiger partial charge on any atom is -0.444 e. The summed E-state index contributed by atoms with van der Waals surface area (Å²) in [5.74, 6) is 0.635. The number of piperazine rings is 1. The molecule has 0 spiro atoms. The standard InChI is InChI=1S/C28H36Cl2N6O3/c1-15(2)22-20(16(3)9-10-31-22)14-35-24-19(11-21(29)23(30)32-24)25(33-26(35)37)36-17(4)12-34(13-18(36)5)27(38)39-28(6,7)8/h9-11,15,17-18H,12-14H2,1-8H3/t17-,18-/m0/s1. The lowest BCUT2D eigenvalue weighted by atomic mass is 9.99. The van der Waals surface area contributed by atoms with Crippen LogP contribution in [0.2, 0.25) is 10.2 Å². The van der Waals surface area contributed by atoms with Gasteiger partial charge in [-0.05, 0) is 70.7 Å². The molecule has 4 rings (SSSR count). The topological polar surface area (TPSA) is 93.5 Å². The molecule has 210 valence electrons. The molecular weight excluding hydrogens is 539 g/mol. The van der Waals surface area contributed by atoms with E-state index in [0.717, 1.165) is 16.8 Å². The van der Waals surface area contributed by atoms with Gasteiger partial charge in [0.15, 0.2) is 0 Å². The molecule has 2 atom stereocenters. The van der Waals surface area contributed by atoms with Gasteiger partial charge in [0, 0.05) is 37.1 Å². The Hall–Kier alpha value is -2.91. The zero-order chi connectivity index (χ0) is 28.8. The highest BCUT2D eigenvalue weighted by Gasteiger charge is 2.36. The van der Waals surface area contributed by atoms with Crippen LogP contribution < -0.4 is 10.6 Å². The van der Waals surface area contributed by atoms with E-state index in [2.05, 4.69) is 33.7 Å². The van der Waals surface area contributed by atoms with Crippen molar-refractivity contribution in [2.24, 2.45) is 0 Å². The summed E-state index contributed by atoms with van der Waals surface area (Å²) >= 11 is 12.8.